The van der Waals surface area contributed by atoms with Gasteiger partial charge in [0, 0.05) is 12.6 Å². The summed E-state index contributed by atoms with van der Waals surface area (Å²) in [5.74, 6) is 1.84. The molecule has 2 rings (SSSR count). The zero-order valence-corrected chi connectivity index (χ0v) is 13.2. The van der Waals surface area contributed by atoms with E-state index in [9.17, 15) is 4.79 Å². The molecule has 4 nitrogen and oxygen atoms in total. The molecule has 0 aliphatic carbocycles. The fraction of sp³-hybridized carbons (Fsp3) is 0.938. The van der Waals surface area contributed by atoms with Crippen LogP contribution in [0.25, 0.3) is 0 Å². The zero-order chi connectivity index (χ0) is 14.5. The summed E-state index contributed by atoms with van der Waals surface area (Å²) in [7, 11) is 2.22. The van der Waals surface area contributed by atoms with Crippen LogP contribution in [0.4, 0.5) is 0 Å². The molecule has 0 spiro atoms. The second-order valence-corrected chi connectivity index (χ2v) is 6.66. The minimum absolute atomic E-state index is 0.144. The van der Waals surface area contributed by atoms with Gasteiger partial charge >= 0.3 is 0 Å². The maximum absolute atomic E-state index is 12.0. The summed E-state index contributed by atoms with van der Waals surface area (Å²) in [4.78, 5) is 16.5. The molecule has 0 aromatic carbocycles. The lowest BCUT2D eigenvalue weighted by atomic mass is 9.76. The molecular weight excluding hydrogens is 250 g/mol. The van der Waals surface area contributed by atoms with E-state index < -0.39 is 0 Å². The Hall–Kier alpha value is -0.610. The Balaban J connectivity index is 1.93. The summed E-state index contributed by atoms with van der Waals surface area (Å²) in [5, 5.41) is 0. The summed E-state index contributed by atoms with van der Waals surface area (Å²) in [6.07, 6.45) is 7.35. The topological polar surface area (TPSA) is 49.6 Å². The normalized spacial score (nSPS) is 29.6. The van der Waals surface area contributed by atoms with Crippen molar-refractivity contribution >= 4 is 5.91 Å². The molecule has 2 N–H and O–H groups in total. The lowest BCUT2D eigenvalue weighted by Gasteiger charge is -2.44. The summed E-state index contributed by atoms with van der Waals surface area (Å²) in [6.45, 7) is 5.79. The predicted octanol–water partition coefficient (Wildman–Crippen LogP) is 1.69. The van der Waals surface area contributed by atoms with Crippen LogP contribution in [0, 0.1) is 11.8 Å². The van der Waals surface area contributed by atoms with Crippen molar-refractivity contribution in [3.63, 3.8) is 0 Å². The SMILES string of the molecule is CCCC1CC(C2CCN(C)CC2)CCN1C(=O)CN. The first kappa shape index (κ1) is 15.8. The van der Waals surface area contributed by atoms with Crippen molar-refractivity contribution in [3.8, 4) is 0 Å². The number of nitrogens with two attached hydrogens (primary N) is 1. The van der Waals surface area contributed by atoms with Gasteiger partial charge in [-0.25, -0.2) is 0 Å². The van der Waals surface area contributed by atoms with Crippen molar-refractivity contribution in [1.82, 2.24) is 9.80 Å². The van der Waals surface area contributed by atoms with Crippen LogP contribution < -0.4 is 5.73 Å². The second-order valence-electron chi connectivity index (χ2n) is 6.66. The number of likely N-dealkylation sites (tertiary alicyclic amines) is 2. The number of carbonyl (C=O) groups excluding carboxylic acids is 1. The minimum Gasteiger partial charge on any atom is -0.339 e. The Morgan fingerprint density at radius 3 is 2.40 bits per heavy atom. The van der Waals surface area contributed by atoms with Gasteiger partial charge in [-0.3, -0.25) is 4.79 Å². The minimum atomic E-state index is 0.144. The van der Waals surface area contributed by atoms with E-state index in [1.165, 1.54) is 38.8 Å². The summed E-state index contributed by atoms with van der Waals surface area (Å²) in [6, 6.07) is 0.439. The number of nitrogens with zero attached hydrogens (tertiary/aromatic N) is 2. The van der Waals surface area contributed by atoms with E-state index in [1.54, 1.807) is 0 Å². The van der Waals surface area contributed by atoms with Crippen LogP contribution in [-0.2, 0) is 4.79 Å². The van der Waals surface area contributed by atoms with E-state index >= 15 is 0 Å². The van der Waals surface area contributed by atoms with Crippen LogP contribution in [0.2, 0.25) is 0 Å². The highest BCUT2D eigenvalue weighted by Gasteiger charge is 2.34. The van der Waals surface area contributed by atoms with Crippen molar-refractivity contribution in [3.05, 3.63) is 0 Å². The molecule has 0 bridgehead atoms. The average molecular weight is 281 g/mol. The van der Waals surface area contributed by atoms with E-state index in [0.717, 1.165) is 31.2 Å². The van der Waals surface area contributed by atoms with Crippen molar-refractivity contribution in [1.29, 1.82) is 0 Å². The molecule has 0 radical (unpaired) electrons. The lowest BCUT2D eigenvalue weighted by Crippen LogP contribution is -2.50. The van der Waals surface area contributed by atoms with Gasteiger partial charge in [-0.1, -0.05) is 13.3 Å². The Morgan fingerprint density at radius 2 is 1.80 bits per heavy atom. The molecule has 2 unspecified atom stereocenters. The Bertz CT molecular complexity index is 313. The van der Waals surface area contributed by atoms with Gasteiger partial charge in [-0.05, 0) is 64.1 Å². The van der Waals surface area contributed by atoms with E-state index in [1.807, 2.05) is 0 Å². The largest absolute Gasteiger partial charge is 0.339 e. The van der Waals surface area contributed by atoms with Gasteiger partial charge in [-0.2, -0.15) is 0 Å². The maximum Gasteiger partial charge on any atom is 0.236 e. The van der Waals surface area contributed by atoms with Crippen molar-refractivity contribution in [2.75, 3.05) is 33.2 Å². The van der Waals surface area contributed by atoms with E-state index in [2.05, 4.69) is 23.8 Å². The van der Waals surface area contributed by atoms with Crippen LogP contribution in [0.5, 0.6) is 0 Å². The molecule has 2 fully saturated rings. The smallest absolute Gasteiger partial charge is 0.236 e. The van der Waals surface area contributed by atoms with Crippen LogP contribution in [-0.4, -0.2) is 55.0 Å². The first-order chi connectivity index (χ1) is 9.65. The van der Waals surface area contributed by atoms with E-state index in [4.69, 9.17) is 5.73 Å². The third-order valence-electron chi connectivity index (χ3n) is 5.30. The number of rotatable bonds is 4. The standard InChI is InChI=1S/C16H31N3O/c1-3-4-15-11-14(7-10-19(15)16(20)12-17)13-5-8-18(2)9-6-13/h13-15H,3-12,17H2,1-2H3. The molecule has 0 aromatic rings. The van der Waals surface area contributed by atoms with Crippen LogP contribution in [0.3, 0.4) is 0 Å². The number of piperidine rings is 2. The third-order valence-corrected chi connectivity index (χ3v) is 5.30. The van der Waals surface area contributed by atoms with Gasteiger partial charge in [0.05, 0.1) is 6.54 Å². The first-order valence-electron chi connectivity index (χ1n) is 8.33. The summed E-state index contributed by atoms with van der Waals surface area (Å²) < 4.78 is 0. The zero-order valence-electron chi connectivity index (χ0n) is 13.2. The second kappa shape index (κ2) is 7.41. The van der Waals surface area contributed by atoms with E-state index in [0.29, 0.717) is 6.04 Å². The molecule has 0 aromatic heterocycles. The van der Waals surface area contributed by atoms with Crippen LogP contribution in [0.15, 0.2) is 0 Å². The maximum atomic E-state index is 12.0. The molecule has 2 heterocycles. The third kappa shape index (κ3) is 3.73. The van der Waals surface area contributed by atoms with Gasteiger partial charge in [0.1, 0.15) is 0 Å². The Morgan fingerprint density at radius 1 is 1.15 bits per heavy atom. The van der Waals surface area contributed by atoms with Crippen LogP contribution >= 0.6 is 0 Å². The van der Waals surface area contributed by atoms with Crippen LogP contribution in [0.1, 0.15) is 45.4 Å². The molecule has 0 saturated carbocycles. The molecule has 116 valence electrons. The number of hydrogen-bond acceptors (Lipinski definition) is 3. The van der Waals surface area contributed by atoms with Gasteiger partial charge < -0.3 is 15.5 Å². The fourth-order valence-corrected chi connectivity index (χ4v) is 4.06. The Kier molecular flexibility index (Phi) is 5.85. The molecular formula is C16H31N3O. The molecule has 20 heavy (non-hydrogen) atoms. The summed E-state index contributed by atoms with van der Waals surface area (Å²) >= 11 is 0. The first-order valence-corrected chi connectivity index (χ1v) is 8.33. The monoisotopic (exact) mass is 281 g/mol. The molecule has 1 amide bonds. The molecule has 2 atom stereocenters. The fourth-order valence-electron chi connectivity index (χ4n) is 4.06. The van der Waals surface area contributed by atoms with Gasteiger partial charge in [-0.15, -0.1) is 0 Å². The molecule has 2 aliphatic rings. The summed E-state index contributed by atoms with van der Waals surface area (Å²) in [5.41, 5.74) is 5.56. The highest BCUT2D eigenvalue weighted by molar-refractivity contribution is 5.78. The highest BCUT2D eigenvalue weighted by Crippen LogP contribution is 2.35. The highest BCUT2D eigenvalue weighted by atomic mass is 16.2. The van der Waals surface area contributed by atoms with Crippen molar-refractivity contribution in [2.24, 2.45) is 17.6 Å². The van der Waals surface area contributed by atoms with Gasteiger partial charge in [0.2, 0.25) is 5.91 Å². The number of amides is 1. The van der Waals surface area contributed by atoms with Crippen molar-refractivity contribution < 1.29 is 4.79 Å². The predicted molar refractivity (Wildman–Crippen MR) is 82.4 cm³/mol. The van der Waals surface area contributed by atoms with Gasteiger partial charge in [0.25, 0.3) is 0 Å². The Labute approximate surface area is 123 Å². The molecule has 2 aliphatic heterocycles. The lowest BCUT2D eigenvalue weighted by molar-refractivity contribution is -0.134. The number of carbonyl (C=O) groups is 1. The molecule has 4 heteroatoms. The van der Waals surface area contributed by atoms with E-state index in [-0.39, 0.29) is 12.5 Å². The quantitative estimate of drug-likeness (QED) is 0.853. The van der Waals surface area contributed by atoms with Gasteiger partial charge in [0.15, 0.2) is 0 Å². The number of hydrogen-bond donors (Lipinski definition) is 1. The molecule has 2 saturated heterocycles. The average Bonchev–Trinajstić information content (AvgIpc) is 2.47. The van der Waals surface area contributed by atoms with Crippen molar-refractivity contribution in [2.45, 2.75) is 51.5 Å².